The molecular formula is C16H18FNO2S. The Hall–Kier alpha value is -1.88. The van der Waals surface area contributed by atoms with Crippen molar-refractivity contribution in [2.24, 2.45) is 0 Å². The predicted octanol–water partition coefficient (Wildman–Crippen LogP) is 3.49. The van der Waals surface area contributed by atoms with Gasteiger partial charge in [0.1, 0.15) is 0 Å². The largest absolute Gasteiger partial charge is 0.399 e. The number of hydrogen-bond acceptors (Lipinski definition) is 3. The van der Waals surface area contributed by atoms with Crippen LogP contribution in [0.5, 0.6) is 0 Å². The maximum Gasteiger partial charge on any atom is 0.332 e. The van der Waals surface area contributed by atoms with E-state index in [4.69, 9.17) is 5.73 Å². The molecule has 21 heavy (non-hydrogen) atoms. The minimum atomic E-state index is -4.60. The van der Waals surface area contributed by atoms with Gasteiger partial charge in [0.05, 0.1) is 4.90 Å². The Kier molecular flexibility index (Phi) is 4.96. The highest BCUT2D eigenvalue weighted by Gasteiger charge is 2.10. The van der Waals surface area contributed by atoms with Crippen LogP contribution >= 0.6 is 0 Å². The fraction of sp³-hybridized carbons (Fsp3) is 0.250. The van der Waals surface area contributed by atoms with E-state index in [2.05, 4.69) is 6.07 Å². The maximum absolute atomic E-state index is 12.7. The van der Waals surface area contributed by atoms with Crippen LogP contribution in [0.15, 0.2) is 53.4 Å². The second kappa shape index (κ2) is 6.72. The van der Waals surface area contributed by atoms with E-state index in [1.165, 1.54) is 17.7 Å². The molecule has 0 amide bonds. The summed E-state index contributed by atoms with van der Waals surface area (Å²) in [6, 6.07) is 13.8. The molecule has 3 nitrogen and oxygen atoms in total. The van der Waals surface area contributed by atoms with Gasteiger partial charge in [-0.2, -0.15) is 8.42 Å². The van der Waals surface area contributed by atoms with Gasteiger partial charge in [-0.05, 0) is 61.1 Å². The van der Waals surface area contributed by atoms with E-state index in [0.717, 1.165) is 36.9 Å². The topological polar surface area (TPSA) is 60.2 Å². The molecule has 2 aromatic rings. The van der Waals surface area contributed by atoms with Crippen molar-refractivity contribution in [3.05, 3.63) is 59.7 Å². The average Bonchev–Trinajstić information content (AvgIpc) is 2.43. The predicted molar refractivity (Wildman–Crippen MR) is 82.2 cm³/mol. The first-order chi connectivity index (χ1) is 9.95. The summed E-state index contributed by atoms with van der Waals surface area (Å²) >= 11 is 0. The number of nitrogen functional groups attached to an aromatic ring is 1. The van der Waals surface area contributed by atoms with Crippen molar-refractivity contribution in [2.45, 2.75) is 30.6 Å². The Morgan fingerprint density at radius 3 is 2.10 bits per heavy atom. The third-order valence-electron chi connectivity index (χ3n) is 3.34. The Morgan fingerprint density at radius 2 is 1.52 bits per heavy atom. The van der Waals surface area contributed by atoms with Crippen LogP contribution in [0.3, 0.4) is 0 Å². The van der Waals surface area contributed by atoms with Crippen LogP contribution in [0.2, 0.25) is 0 Å². The highest BCUT2D eigenvalue weighted by Crippen LogP contribution is 2.15. The fourth-order valence-corrected chi connectivity index (χ4v) is 2.69. The summed E-state index contributed by atoms with van der Waals surface area (Å²) < 4.78 is 34.2. The molecule has 0 unspecified atom stereocenters. The highest BCUT2D eigenvalue weighted by atomic mass is 32.3. The molecule has 0 fully saturated rings. The van der Waals surface area contributed by atoms with Gasteiger partial charge in [0.25, 0.3) is 0 Å². The Morgan fingerprint density at radius 1 is 0.905 bits per heavy atom. The van der Waals surface area contributed by atoms with Crippen molar-refractivity contribution in [1.82, 2.24) is 0 Å². The molecule has 2 rings (SSSR count). The normalized spacial score (nSPS) is 11.5. The average molecular weight is 307 g/mol. The fourth-order valence-electron chi connectivity index (χ4n) is 2.23. The number of hydrogen-bond donors (Lipinski definition) is 1. The van der Waals surface area contributed by atoms with Gasteiger partial charge >= 0.3 is 10.2 Å². The number of benzene rings is 2. The molecule has 0 heterocycles. The molecule has 0 radical (unpaired) electrons. The lowest BCUT2D eigenvalue weighted by Crippen LogP contribution is -1.94. The van der Waals surface area contributed by atoms with Gasteiger partial charge < -0.3 is 5.73 Å². The number of halogens is 1. The van der Waals surface area contributed by atoms with Crippen LogP contribution in [-0.2, 0) is 23.1 Å². The smallest absolute Gasteiger partial charge is 0.332 e. The SMILES string of the molecule is Nc1cccc(CCCCc2ccc(S(=O)(=O)F)cc2)c1. The lowest BCUT2D eigenvalue weighted by molar-refractivity contribution is 0.552. The lowest BCUT2D eigenvalue weighted by Gasteiger charge is -2.04. The number of nitrogens with two attached hydrogens (primary N) is 1. The monoisotopic (exact) mass is 307 g/mol. The molecular weight excluding hydrogens is 289 g/mol. The molecule has 0 saturated heterocycles. The second-order valence-electron chi connectivity index (χ2n) is 5.03. The highest BCUT2D eigenvalue weighted by molar-refractivity contribution is 7.86. The molecule has 0 saturated carbocycles. The van der Waals surface area contributed by atoms with E-state index in [1.54, 1.807) is 12.1 Å². The first-order valence-electron chi connectivity index (χ1n) is 6.83. The Labute approximate surface area is 124 Å². The second-order valence-corrected chi connectivity index (χ2v) is 6.38. The molecule has 0 aliphatic carbocycles. The molecule has 0 atom stereocenters. The summed E-state index contributed by atoms with van der Waals surface area (Å²) in [4.78, 5) is -0.286. The molecule has 0 bridgehead atoms. The van der Waals surface area contributed by atoms with E-state index in [1.807, 2.05) is 18.2 Å². The van der Waals surface area contributed by atoms with Crippen molar-refractivity contribution in [2.75, 3.05) is 5.73 Å². The molecule has 0 aliphatic rings. The maximum atomic E-state index is 12.7. The molecule has 2 aromatic carbocycles. The van der Waals surface area contributed by atoms with Crippen molar-refractivity contribution in [1.29, 1.82) is 0 Å². The van der Waals surface area contributed by atoms with Gasteiger partial charge in [0.2, 0.25) is 0 Å². The standard InChI is InChI=1S/C16H18FNO2S/c17-21(19,20)16-10-8-13(9-11-16)4-1-2-5-14-6-3-7-15(18)12-14/h3,6-12H,1-2,4-5,18H2. The van der Waals surface area contributed by atoms with Gasteiger partial charge in [0, 0.05) is 5.69 Å². The summed E-state index contributed by atoms with van der Waals surface area (Å²) in [6.07, 6.45) is 3.81. The van der Waals surface area contributed by atoms with Gasteiger partial charge in [-0.3, -0.25) is 0 Å². The van der Waals surface area contributed by atoms with Gasteiger partial charge in [-0.25, -0.2) is 0 Å². The minimum absolute atomic E-state index is 0.286. The third-order valence-corrected chi connectivity index (χ3v) is 4.17. The summed E-state index contributed by atoms with van der Waals surface area (Å²) in [5.74, 6) is 0. The first-order valence-corrected chi connectivity index (χ1v) is 8.21. The van der Waals surface area contributed by atoms with Crippen LogP contribution in [0, 0.1) is 0 Å². The third kappa shape index (κ3) is 4.86. The van der Waals surface area contributed by atoms with Crippen LogP contribution in [0.1, 0.15) is 24.0 Å². The van der Waals surface area contributed by atoms with Crippen molar-refractivity contribution >= 4 is 15.9 Å². The number of anilines is 1. The number of unbranched alkanes of at least 4 members (excludes halogenated alkanes) is 1. The van der Waals surface area contributed by atoms with Crippen molar-refractivity contribution in [3.63, 3.8) is 0 Å². The zero-order valence-electron chi connectivity index (χ0n) is 11.6. The molecule has 112 valence electrons. The quantitative estimate of drug-likeness (QED) is 0.505. The van der Waals surface area contributed by atoms with Crippen molar-refractivity contribution in [3.8, 4) is 0 Å². The summed E-state index contributed by atoms with van der Waals surface area (Å²) in [5.41, 5.74) is 8.72. The van der Waals surface area contributed by atoms with Crippen LogP contribution in [0.4, 0.5) is 9.57 Å². The Bertz CT molecular complexity index is 696. The molecule has 0 aliphatic heterocycles. The molecule has 5 heteroatoms. The van der Waals surface area contributed by atoms with Crippen LogP contribution < -0.4 is 5.73 Å². The first kappa shape index (κ1) is 15.5. The van der Waals surface area contributed by atoms with Gasteiger partial charge in [-0.15, -0.1) is 3.89 Å². The minimum Gasteiger partial charge on any atom is -0.399 e. The molecule has 0 aromatic heterocycles. The number of rotatable bonds is 6. The van der Waals surface area contributed by atoms with E-state index >= 15 is 0 Å². The molecule has 0 spiro atoms. The van der Waals surface area contributed by atoms with E-state index in [-0.39, 0.29) is 4.90 Å². The van der Waals surface area contributed by atoms with E-state index in [0.29, 0.717) is 0 Å². The molecule has 2 N–H and O–H groups in total. The Balaban J connectivity index is 1.81. The summed E-state index contributed by atoms with van der Waals surface area (Å²) in [7, 11) is -4.60. The summed E-state index contributed by atoms with van der Waals surface area (Å²) in [6.45, 7) is 0. The summed E-state index contributed by atoms with van der Waals surface area (Å²) in [5, 5.41) is 0. The van der Waals surface area contributed by atoms with Crippen molar-refractivity contribution < 1.29 is 12.3 Å². The number of aryl methyl sites for hydroxylation is 2. The van der Waals surface area contributed by atoms with Crippen LogP contribution in [0.25, 0.3) is 0 Å². The van der Waals surface area contributed by atoms with Gasteiger partial charge in [-0.1, -0.05) is 24.3 Å². The zero-order valence-corrected chi connectivity index (χ0v) is 12.4. The van der Waals surface area contributed by atoms with E-state index in [9.17, 15) is 12.3 Å². The van der Waals surface area contributed by atoms with E-state index < -0.39 is 10.2 Å². The van der Waals surface area contributed by atoms with Crippen LogP contribution in [-0.4, -0.2) is 8.42 Å². The zero-order chi connectivity index (χ0) is 15.3. The lowest BCUT2D eigenvalue weighted by atomic mass is 10.0. The van der Waals surface area contributed by atoms with Gasteiger partial charge in [0.15, 0.2) is 0 Å².